The number of nitrogens with zero attached hydrogens (tertiary/aromatic N) is 3. The molecule has 8 heteroatoms. The Labute approximate surface area is 186 Å². The summed E-state index contributed by atoms with van der Waals surface area (Å²) in [4.78, 5) is 26.3. The van der Waals surface area contributed by atoms with Crippen molar-refractivity contribution in [3.63, 3.8) is 0 Å². The largest absolute Gasteiger partial charge is 0.466 e. The summed E-state index contributed by atoms with van der Waals surface area (Å²) in [6, 6.07) is 11.5. The first kappa shape index (κ1) is 20.1. The molecule has 1 aliphatic rings. The van der Waals surface area contributed by atoms with Crippen LogP contribution < -0.4 is 11.2 Å². The van der Waals surface area contributed by atoms with E-state index in [1.54, 1.807) is 13.3 Å². The minimum atomic E-state index is -0.535. The monoisotopic (exact) mass is 483 g/mol. The van der Waals surface area contributed by atoms with E-state index in [0.29, 0.717) is 23.3 Å². The summed E-state index contributed by atoms with van der Waals surface area (Å²) >= 11 is 3.49. The number of furan rings is 1. The molecule has 0 spiro atoms. The molecule has 5 rings (SSSR count). The zero-order valence-electron chi connectivity index (χ0n) is 17.7. The molecule has 0 bridgehead atoms. The van der Waals surface area contributed by atoms with Crippen LogP contribution in [0.25, 0.3) is 22.2 Å². The van der Waals surface area contributed by atoms with Crippen LogP contribution in [0.2, 0.25) is 0 Å². The molecular formula is C23H22BrN3O4. The summed E-state index contributed by atoms with van der Waals surface area (Å²) in [7, 11) is 3.20. The van der Waals surface area contributed by atoms with Crippen molar-refractivity contribution in [1.82, 2.24) is 13.7 Å². The quantitative estimate of drug-likeness (QED) is 0.433. The first-order chi connectivity index (χ1) is 14.7. The fraction of sp³-hybridized carbons (Fsp3) is 0.304. The van der Waals surface area contributed by atoms with Gasteiger partial charge in [0.05, 0.1) is 40.7 Å². The zero-order chi connectivity index (χ0) is 22.1. The Morgan fingerprint density at radius 1 is 1.06 bits per heavy atom. The number of ether oxygens (including phenoxy) is 1. The van der Waals surface area contributed by atoms with Crippen LogP contribution in [-0.2, 0) is 24.4 Å². The van der Waals surface area contributed by atoms with E-state index < -0.39 is 11.6 Å². The average Bonchev–Trinajstić information content (AvgIpc) is 3.39. The predicted octanol–water partition coefficient (Wildman–Crippen LogP) is 3.92. The van der Waals surface area contributed by atoms with Crippen molar-refractivity contribution >= 4 is 26.8 Å². The standard InChI is InChI=1S/C23H22BrN3O4/c1-23(2)12-31-20(15-6-5-11-30-15)19-18-16(21(28)26(4)22(29)25(18)3)17(27(19)23)13-7-9-14(24)10-8-13/h5-11,20H,12H2,1-4H3/t20-/m1/s1. The van der Waals surface area contributed by atoms with Gasteiger partial charge >= 0.3 is 5.69 Å². The van der Waals surface area contributed by atoms with Gasteiger partial charge in [-0.2, -0.15) is 0 Å². The van der Waals surface area contributed by atoms with Crippen molar-refractivity contribution in [3.05, 3.63) is 79.4 Å². The van der Waals surface area contributed by atoms with E-state index in [4.69, 9.17) is 9.15 Å². The minimum absolute atomic E-state index is 0.327. The molecule has 160 valence electrons. The van der Waals surface area contributed by atoms with Crippen LogP contribution in [0.1, 0.15) is 31.4 Å². The molecule has 1 aromatic carbocycles. The molecule has 0 unspecified atom stereocenters. The van der Waals surface area contributed by atoms with Crippen LogP contribution >= 0.6 is 15.9 Å². The van der Waals surface area contributed by atoms with Crippen LogP contribution in [0.4, 0.5) is 0 Å². The SMILES string of the molecule is Cn1c(=O)c2c(-c3ccc(Br)cc3)n3c(c2n(C)c1=O)[C@@H](c1ccco1)OCC3(C)C. The predicted molar refractivity (Wildman–Crippen MR) is 121 cm³/mol. The number of rotatable bonds is 2. The molecule has 0 saturated carbocycles. The zero-order valence-corrected chi connectivity index (χ0v) is 19.3. The molecule has 1 aliphatic heterocycles. The van der Waals surface area contributed by atoms with E-state index in [2.05, 4.69) is 34.3 Å². The van der Waals surface area contributed by atoms with Gasteiger partial charge in [0.1, 0.15) is 5.76 Å². The second kappa shape index (κ2) is 6.83. The fourth-order valence-corrected chi connectivity index (χ4v) is 4.80. The van der Waals surface area contributed by atoms with Crippen LogP contribution in [0.15, 0.2) is 61.1 Å². The highest BCUT2D eigenvalue weighted by molar-refractivity contribution is 9.10. The van der Waals surface area contributed by atoms with Crippen LogP contribution in [0.3, 0.4) is 0 Å². The Balaban J connectivity index is 2.03. The van der Waals surface area contributed by atoms with Gasteiger partial charge in [0.15, 0.2) is 6.10 Å². The van der Waals surface area contributed by atoms with Crippen molar-refractivity contribution in [3.8, 4) is 11.3 Å². The third-order valence-electron chi connectivity index (χ3n) is 5.98. The molecule has 0 aliphatic carbocycles. The molecule has 4 aromatic rings. The molecule has 0 N–H and O–H groups in total. The third-order valence-corrected chi connectivity index (χ3v) is 6.51. The maximum absolute atomic E-state index is 13.4. The van der Waals surface area contributed by atoms with E-state index in [-0.39, 0.29) is 11.2 Å². The van der Waals surface area contributed by atoms with Crippen molar-refractivity contribution < 1.29 is 9.15 Å². The maximum Gasteiger partial charge on any atom is 0.331 e. The Hall–Kier alpha value is -2.84. The van der Waals surface area contributed by atoms with Gasteiger partial charge in [0.25, 0.3) is 5.56 Å². The molecule has 0 amide bonds. The van der Waals surface area contributed by atoms with E-state index >= 15 is 0 Å². The number of fused-ring (bicyclic) bond motifs is 3. The molecule has 3 aromatic heterocycles. The van der Waals surface area contributed by atoms with Crippen molar-refractivity contribution in [2.75, 3.05) is 6.61 Å². The van der Waals surface area contributed by atoms with E-state index in [0.717, 1.165) is 26.0 Å². The molecule has 0 fully saturated rings. The van der Waals surface area contributed by atoms with Gasteiger partial charge in [-0.25, -0.2) is 4.79 Å². The normalized spacial score (nSPS) is 17.8. The number of hydrogen-bond acceptors (Lipinski definition) is 4. The maximum atomic E-state index is 13.4. The first-order valence-electron chi connectivity index (χ1n) is 9.98. The van der Waals surface area contributed by atoms with Gasteiger partial charge in [-0.1, -0.05) is 28.1 Å². The summed E-state index contributed by atoms with van der Waals surface area (Å²) in [6.45, 7) is 4.56. The van der Waals surface area contributed by atoms with Crippen LogP contribution in [0.5, 0.6) is 0 Å². The van der Waals surface area contributed by atoms with E-state index in [1.165, 1.54) is 11.6 Å². The minimum Gasteiger partial charge on any atom is -0.466 e. The van der Waals surface area contributed by atoms with E-state index in [9.17, 15) is 9.59 Å². The number of aryl methyl sites for hydroxylation is 1. The lowest BCUT2D eigenvalue weighted by Crippen LogP contribution is -2.40. The fourth-order valence-electron chi connectivity index (χ4n) is 4.54. The second-order valence-corrected chi connectivity index (χ2v) is 9.44. The number of halogens is 1. The molecule has 0 saturated heterocycles. The highest BCUT2D eigenvalue weighted by atomic mass is 79.9. The summed E-state index contributed by atoms with van der Waals surface area (Å²) < 4.78 is 17.7. The van der Waals surface area contributed by atoms with Crippen LogP contribution in [0, 0.1) is 0 Å². The van der Waals surface area contributed by atoms with Gasteiger partial charge < -0.3 is 13.7 Å². The van der Waals surface area contributed by atoms with E-state index in [1.807, 2.05) is 36.4 Å². The third kappa shape index (κ3) is 2.81. The van der Waals surface area contributed by atoms with Gasteiger partial charge in [0.2, 0.25) is 0 Å². The number of benzene rings is 1. The topological polar surface area (TPSA) is 71.3 Å². The summed E-state index contributed by atoms with van der Waals surface area (Å²) in [5, 5.41) is 0.497. The summed E-state index contributed by atoms with van der Waals surface area (Å²) in [5.74, 6) is 0.631. The molecule has 7 nitrogen and oxygen atoms in total. The lowest BCUT2D eigenvalue weighted by molar-refractivity contribution is -0.0164. The molecular weight excluding hydrogens is 462 g/mol. The van der Waals surface area contributed by atoms with Crippen molar-refractivity contribution in [1.29, 1.82) is 0 Å². The van der Waals surface area contributed by atoms with Gasteiger partial charge in [0, 0.05) is 18.6 Å². The molecule has 0 radical (unpaired) electrons. The molecule has 1 atom stereocenters. The highest BCUT2D eigenvalue weighted by Crippen LogP contribution is 2.45. The Morgan fingerprint density at radius 3 is 2.42 bits per heavy atom. The van der Waals surface area contributed by atoms with Crippen molar-refractivity contribution in [2.24, 2.45) is 14.1 Å². The summed E-state index contributed by atoms with van der Waals surface area (Å²) in [6.07, 6.45) is 1.06. The van der Waals surface area contributed by atoms with Crippen LogP contribution in [-0.4, -0.2) is 20.3 Å². The number of hydrogen-bond donors (Lipinski definition) is 0. The molecule has 4 heterocycles. The molecule has 31 heavy (non-hydrogen) atoms. The highest BCUT2D eigenvalue weighted by Gasteiger charge is 2.41. The van der Waals surface area contributed by atoms with Gasteiger partial charge in [-0.15, -0.1) is 0 Å². The summed E-state index contributed by atoms with van der Waals surface area (Å²) in [5.41, 5.74) is 1.82. The lowest BCUT2D eigenvalue weighted by Gasteiger charge is -2.38. The number of aromatic nitrogens is 3. The van der Waals surface area contributed by atoms with Gasteiger partial charge in [-0.3, -0.25) is 13.9 Å². The lowest BCUT2D eigenvalue weighted by atomic mass is 10.0. The second-order valence-electron chi connectivity index (χ2n) is 8.52. The average molecular weight is 484 g/mol. The Morgan fingerprint density at radius 2 is 1.77 bits per heavy atom. The Kier molecular flexibility index (Phi) is 4.43. The Bertz CT molecular complexity index is 1420. The van der Waals surface area contributed by atoms with Gasteiger partial charge in [-0.05, 0) is 43.7 Å². The first-order valence-corrected chi connectivity index (χ1v) is 10.8. The smallest absolute Gasteiger partial charge is 0.331 e. The van der Waals surface area contributed by atoms with Crippen molar-refractivity contribution in [2.45, 2.75) is 25.5 Å².